The van der Waals surface area contributed by atoms with Crippen molar-refractivity contribution in [1.82, 2.24) is 14.9 Å². The molecule has 0 spiro atoms. The molecule has 0 aliphatic carbocycles. The van der Waals surface area contributed by atoms with E-state index in [4.69, 9.17) is 4.74 Å². The number of carbonyl (C=O) groups excluding carboxylic acids is 2. The number of ether oxygens (including phenoxy) is 1. The minimum Gasteiger partial charge on any atom is -0.442 e. The number of amides is 2. The molecule has 0 bridgehead atoms. The van der Waals surface area contributed by atoms with Crippen LogP contribution >= 0.6 is 0 Å². The van der Waals surface area contributed by atoms with E-state index in [2.05, 4.69) is 10.3 Å². The van der Waals surface area contributed by atoms with Crippen LogP contribution in [0.3, 0.4) is 0 Å². The van der Waals surface area contributed by atoms with E-state index < -0.39 is 18.0 Å². The number of nitrogens with one attached hydrogen (secondary N) is 1. The van der Waals surface area contributed by atoms with Crippen molar-refractivity contribution in [3.63, 3.8) is 0 Å². The van der Waals surface area contributed by atoms with Gasteiger partial charge in [0.1, 0.15) is 11.9 Å². The molecule has 1 fully saturated rings. The number of hydrogen-bond donors (Lipinski definition) is 1. The highest BCUT2D eigenvalue weighted by molar-refractivity contribution is 5.90. The minimum atomic E-state index is -0.554. The highest BCUT2D eigenvalue weighted by atomic mass is 19.1. The first-order valence-electron chi connectivity index (χ1n) is 9.57. The van der Waals surface area contributed by atoms with Crippen molar-refractivity contribution >= 4 is 17.7 Å². The molecular weight excluding hydrogens is 387 g/mol. The van der Waals surface area contributed by atoms with Crippen molar-refractivity contribution in [2.75, 3.05) is 18.0 Å². The Labute approximate surface area is 173 Å². The zero-order valence-corrected chi connectivity index (χ0v) is 16.4. The standard InChI is InChI=1S/C22H21FN4O3/c1-15(28)25-11-19-13-27(22(29)30-19)18-6-7-20(21(23)10-18)17-4-2-16(3-5-17)12-26-9-8-24-14-26/h2-10,14,19H,11-13H2,1H3,(H,25,28)/t19-/m0/s1. The molecule has 2 amide bonds. The average molecular weight is 408 g/mol. The normalized spacial score (nSPS) is 15.9. The zero-order chi connectivity index (χ0) is 21.1. The van der Waals surface area contributed by atoms with Crippen LogP contribution in [-0.4, -0.2) is 40.7 Å². The van der Waals surface area contributed by atoms with Gasteiger partial charge in [0.15, 0.2) is 0 Å². The summed E-state index contributed by atoms with van der Waals surface area (Å²) in [6.45, 7) is 2.57. The Kier molecular flexibility index (Phi) is 5.47. The third-order valence-electron chi connectivity index (χ3n) is 4.91. The van der Waals surface area contributed by atoms with Gasteiger partial charge in [-0.1, -0.05) is 24.3 Å². The third-order valence-corrected chi connectivity index (χ3v) is 4.91. The smallest absolute Gasteiger partial charge is 0.414 e. The van der Waals surface area contributed by atoms with Crippen LogP contribution in [-0.2, 0) is 16.1 Å². The molecule has 2 aromatic carbocycles. The van der Waals surface area contributed by atoms with Crippen molar-refractivity contribution in [1.29, 1.82) is 0 Å². The average Bonchev–Trinajstić information content (AvgIpc) is 3.36. The first kappa shape index (κ1) is 19.6. The Hall–Kier alpha value is -3.68. The third kappa shape index (κ3) is 4.32. The quantitative estimate of drug-likeness (QED) is 0.680. The lowest BCUT2D eigenvalue weighted by atomic mass is 10.0. The van der Waals surface area contributed by atoms with Gasteiger partial charge in [-0.15, -0.1) is 0 Å². The lowest BCUT2D eigenvalue weighted by Gasteiger charge is -2.15. The molecule has 0 unspecified atom stereocenters. The van der Waals surface area contributed by atoms with Gasteiger partial charge in [0.05, 0.1) is 25.1 Å². The predicted octanol–water partition coefficient (Wildman–Crippen LogP) is 3.20. The Morgan fingerprint density at radius 2 is 2.07 bits per heavy atom. The van der Waals surface area contributed by atoms with Crippen molar-refractivity contribution in [3.05, 3.63) is 72.6 Å². The number of carbonyl (C=O) groups is 2. The van der Waals surface area contributed by atoms with Crippen LogP contribution in [0.5, 0.6) is 0 Å². The number of anilines is 1. The summed E-state index contributed by atoms with van der Waals surface area (Å²) in [5.41, 5.74) is 2.71. The SMILES string of the molecule is CC(=O)NC[C@H]1CN(c2ccc(-c3ccc(Cn4ccnc4)cc3)c(F)c2)C(=O)O1. The molecule has 1 atom stereocenters. The van der Waals surface area contributed by atoms with Gasteiger partial charge in [-0.25, -0.2) is 14.2 Å². The van der Waals surface area contributed by atoms with Crippen LogP contribution in [0, 0.1) is 5.82 Å². The van der Waals surface area contributed by atoms with Gasteiger partial charge in [0.2, 0.25) is 5.91 Å². The Balaban J connectivity index is 1.47. The minimum absolute atomic E-state index is 0.198. The summed E-state index contributed by atoms with van der Waals surface area (Å²) in [6, 6.07) is 12.3. The number of hydrogen-bond acceptors (Lipinski definition) is 4. The molecule has 1 aromatic heterocycles. The van der Waals surface area contributed by atoms with Crippen molar-refractivity contribution in [2.24, 2.45) is 0 Å². The maximum atomic E-state index is 14.8. The first-order chi connectivity index (χ1) is 14.5. The Morgan fingerprint density at radius 3 is 2.73 bits per heavy atom. The van der Waals surface area contributed by atoms with Crippen LogP contribution in [0.1, 0.15) is 12.5 Å². The van der Waals surface area contributed by atoms with E-state index in [0.29, 0.717) is 17.8 Å². The van der Waals surface area contributed by atoms with E-state index in [1.807, 2.05) is 35.0 Å². The molecule has 1 aliphatic heterocycles. The molecule has 0 radical (unpaired) electrons. The van der Waals surface area contributed by atoms with Gasteiger partial charge < -0.3 is 14.6 Å². The summed E-state index contributed by atoms with van der Waals surface area (Å²) in [4.78, 5) is 28.5. The maximum Gasteiger partial charge on any atom is 0.414 e. The van der Waals surface area contributed by atoms with Gasteiger partial charge in [-0.2, -0.15) is 0 Å². The number of nitrogens with zero attached hydrogens (tertiary/aromatic N) is 3. The molecule has 1 aliphatic rings. The molecule has 154 valence electrons. The lowest BCUT2D eigenvalue weighted by Crippen LogP contribution is -2.33. The van der Waals surface area contributed by atoms with Gasteiger partial charge in [0.25, 0.3) is 0 Å². The molecule has 1 saturated heterocycles. The largest absolute Gasteiger partial charge is 0.442 e. The zero-order valence-electron chi connectivity index (χ0n) is 16.4. The van der Waals surface area contributed by atoms with Crippen molar-refractivity contribution < 1.29 is 18.7 Å². The number of rotatable bonds is 6. The molecule has 3 aromatic rings. The summed E-state index contributed by atoms with van der Waals surface area (Å²) in [5, 5.41) is 2.62. The van der Waals surface area contributed by atoms with Gasteiger partial charge >= 0.3 is 6.09 Å². The second-order valence-corrected chi connectivity index (χ2v) is 7.15. The van der Waals surface area contributed by atoms with E-state index in [1.54, 1.807) is 24.7 Å². The van der Waals surface area contributed by atoms with Crippen LogP contribution in [0.15, 0.2) is 61.2 Å². The van der Waals surface area contributed by atoms with E-state index in [0.717, 1.165) is 11.1 Å². The summed E-state index contributed by atoms with van der Waals surface area (Å²) >= 11 is 0. The maximum absolute atomic E-state index is 14.8. The van der Waals surface area contributed by atoms with E-state index in [1.165, 1.54) is 17.9 Å². The topological polar surface area (TPSA) is 76.5 Å². The van der Waals surface area contributed by atoms with Gasteiger partial charge in [-0.3, -0.25) is 9.69 Å². The van der Waals surface area contributed by atoms with Crippen LogP contribution in [0.2, 0.25) is 0 Å². The highest BCUT2D eigenvalue weighted by Gasteiger charge is 2.32. The van der Waals surface area contributed by atoms with E-state index in [9.17, 15) is 14.0 Å². The van der Waals surface area contributed by atoms with E-state index in [-0.39, 0.29) is 19.0 Å². The van der Waals surface area contributed by atoms with E-state index >= 15 is 0 Å². The van der Waals surface area contributed by atoms with Crippen LogP contribution in [0.25, 0.3) is 11.1 Å². The van der Waals surface area contributed by atoms with Gasteiger partial charge in [-0.05, 0) is 29.3 Å². The molecule has 7 nitrogen and oxygen atoms in total. The monoisotopic (exact) mass is 408 g/mol. The Morgan fingerprint density at radius 1 is 1.27 bits per heavy atom. The summed E-state index contributed by atoms with van der Waals surface area (Å²) < 4.78 is 22.0. The lowest BCUT2D eigenvalue weighted by molar-refractivity contribution is -0.119. The molecular formula is C22H21FN4O3. The fourth-order valence-corrected chi connectivity index (χ4v) is 3.38. The number of cyclic esters (lactones) is 1. The molecule has 30 heavy (non-hydrogen) atoms. The Bertz CT molecular complexity index is 1050. The van der Waals surface area contributed by atoms with Crippen molar-refractivity contribution in [3.8, 4) is 11.1 Å². The number of imidazole rings is 1. The second-order valence-electron chi connectivity index (χ2n) is 7.15. The summed E-state index contributed by atoms with van der Waals surface area (Å²) in [7, 11) is 0. The molecule has 4 rings (SSSR count). The van der Waals surface area contributed by atoms with Gasteiger partial charge in [0, 0.05) is 31.4 Å². The summed E-state index contributed by atoms with van der Waals surface area (Å²) in [5.74, 6) is -0.621. The fourth-order valence-electron chi connectivity index (χ4n) is 3.38. The second kappa shape index (κ2) is 8.36. The highest BCUT2D eigenvalue weighted by Crippen LogP contribution is 2.29. The first-order valence-corrected chi connectivity index (χ1v) is 9.57. The summed E-state index contributed by atoms with van der Waals surface area (Å²) in [6.07, 6.45) is 4.34. The molecule has 2 heterocycles. The molecule has 8 heteroatoms. The number of halogens is 1. The van der Waals surface area contributed by atoms with Crippen LogP contribution < -0.4 is 10.2 Å². The van der Waals surface area contributed by atoms with Crippen molar-refractivity contribution in [2.45, 2.75) is 19.6 Å². The van der Waals surface area contributed by atoms with Crippen LogP contribution in [0.4, 0.5) is 14.9 Å². The number of benzene rings is 2. The molecule has 1 N–H and O–H groups in total. The fraction of sp³-hybridized carbons (Fsp3) is 0.227. The number of aromatic nitrogens is 2. The predicted molar refractivity (Wildman–Crippen MR) is 109 cm³/mol. The molecule has 0 saturated carbocycles.